The van der Waals surface area contributed by atoms with Crippen LogP contribution in [0.15, 0.2) is 24.3 Å². The van der Waals surface area contributed by atoms with Gasteiger partial charge in [-0.3, -0.25) is 4.79 Å². The molecule has 19 heavy (non-hydrogen) atoms. The predicted octanol–water partition coefficient (Wildman–Crippen LogP) is 0.669. The Morgan fingerprint density at radius 2 is 2.26 bits per heavy atom. The Labute approximate surface area is 110 Å². The molecule has 1 atom stereocenters. The van der Waals surface area contributed by atoms with Gasteiger partial charge in [0.05, 0.1) is 13.7 Å². The lowest BCUT2D eigenvalue weighted by Gasteiger charge is -2.23. The first-order valence-electron chi connectivity index (χ1n) is 5.85. The van der Waals surface area contributed by atoms with Crippen molar-refractivity contribution < 1.29 is 24.2 Å². The molecule has 1 aliphatic heterocycles. The summed E-state index contributed by atoms with van der Waals surface area (Å²) in [7, 11) is 1.50. The summed E-state index contributed by atoms with van der Waals surface area (Å²) in [6.07, 6.45) is 0.262. The number of carbonyl (C=O) groups excluding carboxylic acids is 1. The third-order valence-electron chi connectivity index (χ3n) is 3.12. The molecule has 0 aromatic heterocycles. The highest BCUT2D eigenvalue weighted by Gasteiger charge is 2.44. The second-order valence-electron chi connectivity index (χ2n) is 4.38. The molecule has 0 radical (unpaired) electrons. The molecule has 0 bridgehead atoms. The molecular weight excluding hydrogens is 250 g/mol. The van der Waals surface area contributed by atoms with Crippen LogP contribution in [0.3, 0.4) is 0 Å². The molecule has 1 saturated heterocycles. The lowest BCUT2D eigenvalue weighted by molar-refractivity contribution is -0.144. The van der Waals surface area contributed by atoms with E-state index < -0.39 is 17.4 Å². The largest absolute Gasteiger partial charge is 0.497 e. The summed E-state index contributed by atoms with van der Waals surface area (Å²) in [6.45, 7) is 0.308. The number of carbonyl (C=O) groups is 2. The van der Waals surface area contributed by atoms with Crippen LogP contribution in [0.1, 0.15) is 16.8 Å². The number of benzene rings is 1. The summed E-state index contributed by atoms with van der Waals surface area (Å²) in [5, 5.41) is 11.8. The second kappa shape index (κ2) is 5.27. The number of hydrogen-bond acceptors (Lipinski definition) is 4. The molecule has 1 heterocycles. The number of amides is 1. The number of carboxylic acid groups (broad SMARTS) is 1. The van der Waals surface area contributed by atoms with Crippen LogP contribution in [-0.2, 0) is 9.53 Å². The fourth-order valence-electron chi connectivity index (χ4n) is 1.94. The Morgan fingerprint density at radius 1 is 1.47 bits per heavy atom. The van der Waals surface area contributed by atoms with Gasteiger partial charge in [-0.15, -0.1) is 0 Å². The zero-order valence-corrected chi connectivity index (χ0v) is 10.5. The number of hydrogen-bond donors (Lipinski definition) is 2. The predicted molar refractivity (Wildman–Crippen MR) is 66.3 cm³/mol. The normalized spacial score (nSPS) is 21.9. The molecule has 6 heteroatoms. The highest BCUT2D eigenvalue weighted by molar-refractivity contribution is 5.98. The molecule has 1 amide bonds. The smallest absolute Gasteiger partial charge is 0.331 e. The monoisotopic (exact) mass is 265 g/mol. The molecule has 0 aliphatic carbocycles. The van der Waals surface area contributed by atoms with Gasteiger partial charge in [-0.05, 0) is 18.2 Å². The van der Waals surface area contributed by atoms with E-state index in [4.69, 9.17) is 9.47 Å². The topological polar surface area (TPSA) is 84.9 Å². The SMILES string of the molecule is COc1cccc(C(=O)N[C@@]2(C(=O)O)CCOC2)c1. The van der Waals surface area contributed by atoms with Crippen LogP contribution in [0.2, 0.25) is 0 Å². The zero-order chi connectivity index (χ0) is 13.9. The quantitative estimate of drug-likeness (QED) is 0.835. The first-order chi connectivity index (χ1) is 9.07. The summed E-state index contributed by atoms with van der Waals surface area (Å²) in [6, 6.07) is 6.54. The summed E-state index contributed by atoms with van der Waals surface area (Å²) in [5.41, 5.74) is -0.980. The van der Waals surface area contributed by atoms with Crippen molar-refractivity contribution in [3.63, 3.8) is 0 Å². The van der Waals surface area contributed by atoms with E-state index >= 15 is 0 Å². The molecule has 1 fully saturated rings. The van der Waals surface area contributed by atoms with Crippen molar-refractivity contribution in [2.45, 2.75) is 12.0 Å². The van der Waals surface area contributed by atoms with Gasteiger partial charge in [-0.2, -0.15) is 0 Å². The van der Waals surface area contributed by atoms with Crippen LogP contribution < -0.4 is 10.1 Å². The van der Waals surface area contributed by atoms with Crippen molar-refractivity contribution in [1.29, 1.82) is 0 Å². The lowest BCUT2D eigenvalue weighted by atomic mass is 9.98. The van der Waals surface area contributed by atoms with Crippen molar-refractivity contribution >= 4 is 11.9 Å². The van der Waals surface area contributed by atoms with E-state index in [1.165, 1.54) is 7.11 Å². The third kappa shape index (κ3) is 2.68. The average molecular weight is 265 g/mol. The Balaban J connectivity index is 2.17. The fraction of sp³-hybridized carbons (Fsp3) is 0.385. The molecule has 0 saturated carbocycles. The highest BCUT2D eigenvalue weighted by atomic mass is 16.5. The van der Waals surface area contributed by atoms with Crippen molar-refractivity contribution in [2.75, 3.05) is 20.3 Å². The molecule has 2 rings (SSSR count). The van der Waals surface area contributed by atoms with Crippen LogP contribution in [0.25, 0.3) is 0 Å². The molecule has 1 aromatic carbocycles. The molecule has 1 aromatic rings. The van der Waals surface area contributed by atoms with Crippen molar-refractivity contribution in [3.8, 4) is 5.75 Å². The van der Waals surface area contributed by atoms with E-state index in [0.717, 1.165) is 0 Å². The van der Waals surface area contributed by atoms with E-state index in [0.29, 0.717) is 17.9 Å². The molecule has 1 aliphatic rings. The number of carboxylic acids is 1. The standard InChI is InChI=1S/C13H15NO5/c1-18-10-4-2-3-9(7-10)11(15)14-13(12(16)17)5-6-19-8-13/h2-4,7H,5-6,8H2,1H3,(H,14,15)(H,16,17)/t13-/m0/s1. The zero-order valence-electron chi connectivity index (χ0n) is 10.5. The Hall–Kier alpha value is -2.08. The molecule has 6 nitrogen and oxygen atoms in total. The maximum Gasteiger partial charge on any atom is 0.331 e. The van der Waals surface area contributed by atoms with Crippen LogP contribution in [0.4, 0.5) is 0 Å². The summed E-state index contributed by atoms with van der Waals surface area (Å²) in [4.78, 5) is 23.4. The Morgan fingerprint density at radius 3 is 2.84 bits per heavy atom. The molecule has 0 spiro atoms. The number of rotatable bonds is 4. The van der Waals surface area contributed by atoms with Gasteiger partial charge in [0.25, 0.3) is 5.91 Å². The van der Waals surface area contributed by atoms with Gasteiger partial charge in [0.15, 0.2) is 5.54 Å². The van der Waals surface area contributed by atoms with Crippen molar-refractivity contribution in [1.82, 2.24) is 5.32 Å². The van der Waals surface area contributed by atoms with Gasteiger partial charge in [-0.25, -0.2) is 4.79 Å². The third-order valence-corrected chi connectivity index (χ3v) is 3.12. The van der Waals surface area contributed by atoms with E-state index in [1.54, 1.807) is 24.3 Å². The van der Waals surface area contributed by atoms with E-state index in [-0.39, 0.29) is 13.0 Å². The highest BCUT2D eigenvalue weighted by Crippen LogP contribution is 2.20. The number of ether oxygens (including phenoxy) is 2. The van der Waals surface area contributed by atoms with Gasteiger partial charge in [-0.1, -0.05) is 6.07 Å². The molecular formula is C13H15NO5. The van der Waals surface area contributed by atoms with Gasteiger partial charge >= 0.3 is 5.97 Å². The minimum atomic E-state index is -1.33. The van der Waals surface area contributed by atoms with Crippen LogP contribution in [0, 0.1) is 0 Å². The number of methoxy groups -OCH3 is 1. The molecule has 102 valence electrons. The van der Waals surface area contributed by atoms with Gasteiger partial charge in [0, 0.05) is 18.6 Å². The summed E-state index contributed by atoms with van der Waals surface area (Å²) in [5.74, 6) is -0.993. The first-order valence-corrected chi connectivity index (χ1v) is 5.85. The van der Waals surface area contributed by atoms with E-state index in [9.17, 15) is 14.7 Å². The summed E-state index contributed by atoms with van der Waals surface area (Å²) < 4.78 is 10.1. The molecule has 2 N–H and O–H groups in total. The van der Waals surface area contributed by atoms with Crippen molar-refractivity contribution in [3.05, 3.63) is 29.8 Å². The van der Waals surface area contributed by atoms with Gasteiger partial charge in [0.1, 0.15) is 5.75 Å². The Bertz CT molecular complexity index is 494. The maximum absolute atomic E-state index is 12.1. The van der Waals surface area contributed by atoms with E-state index in [2.05, 4.69) is 5.32 Å². The number of aliphatic carboxylic acids is 1. The minimum absolute atomic E-state index is 0.0158. The van der Waals surface area contributed by atoms with Crippen LogP contribution >= 0.6 is 0 Å². The Kier molecular flexibility index (Phi) is 3.71. The lowest BCUT2D eigenvalue weighted by Crippen LogP contribution is -2.55. The van der Waals surface area contributed by atoms with Gasteiger partial charge < -0.3 is 19.9 Å². The fourth-order valence-corrected chi connectivity index (χ4v) is 1.94. The van der Waals surface area contributed by atoms with Crippen LogP contribution in [0.5, 0.6) is 5.75 Å². The van der Waals surface area contributed by atoms with Crippen molar-refractivity contribution in [2.24, 2.45) is 0 Å². The molecule has 0 unspecified atom stereocenters. The summed E-state index contributed by atoms with van der Waals surface area (Å²) >= 11 is 0. The number of nitrogens with one attached hydrogen (secondary N) is 1. The minimum Gasteiger partial charge on any atom is -0.497 e. The second-order valence-corrected chi connectivity index (χ2v) is 4.38. The van der Waals surface area contributed by atoms with E-state index in [1.807, 2.05) is 0 Å². The maximum atomic E-state index is 12.1. The first kappa shape index (κ1) is 13.4. The average Bonchev–Trinajstić information content (AvgIpc) is 2.88. The van der Waals surface area contributed by atoms with Crippen LogP contribution in [-0.4, -0.2) is 42.8 Å². The van der Waals surface area contributed by atoms with Gasteiger partial charge in [0.2, 0.25) is 0 Å².